The van der Waals surface area contributed by atoms with Gasteiger partial charge in [-0.15, -0.1) is 0 Å². The summed E-state index contributed by atoms with van der Waals surface area (Å²) in [5, 5.41) is 12.8. The van der Waals surface area contributed by atoms with Crippen molar-refractivity contribution in [2.75, 3.05) is 13.2 Å². The molecule has 0 radical (unpaired) electrons. The molecule has 1 aromatic heterocycles. The van der Waals surface area contributed by atoms with Gasteiger partial charge in [0.2, 0.25) is 5.91 Å². The number of rotatable bonds is 6. The number of aliphatic hydroxyl groups is 1. The van der Waals surface area contributed by atoms with Crippen LogP contribution in [0.15, 0.2) is 36.8 Å². The monoisotopic (exact) mass is 329 g/mol. The molecule has 2 heterocycles. The summed E-state index contributed by atoms with van der Waals surface area (Å²) in [5.41, 5.74) is 2.19. The number of aromatic nitrogens is 2. The summed E-state index contributed by atoms with van der Waals surface area (Å²) in [6.45, 7) is 3.15. The summed E-state index contributed by atoms with van der Waals surface area (Å²) in [5.74, 6) is 0.650. The zero-order chi connectivity index (χ0) is 16.9. The van der Waals surface area contributed by atoms with Crippen molar-refractivity contribution < 1.29 is 14.6 Å². The first-order valence-electron chi connectivity index (χ1n) is 8.26. The minimum Gasteiger partial charge on any atom is -0.491 e. The van der Waals surface area contributed by atoms with Gasteiger partial charge in [0.25, 0.3) is 0 Å². The van der Waals surface area contributed by atoms with Gasteiger partial charge in [0.1, 0.15) is 18.5 Å². The number of aryl methyl sites for hydroxylation is 2. The lowest BCUT2D eigenvalue weighted by Gasteiger charge is -2.23. The maximum Gasteiger partial charge on any atom is 0.223 e. The van der Waals surface area contributed by atoms with Crippen LogP contribution in [0.25, 0.3) is 0 Å². The van der Waals surface area contributed by atoms with Gasteiger partial charge in [0.05, 0.1) is 6.33 Å². The zero-order valence-electron chi connectivity index (χ0n) is 13.8. The van der Waals surface area contributed by atoms with E-state index < -0.39 is 6.10 Å². The summed E-state index contributed by atoms with van der Waals surface area (Å²) < 4.78 is 7.63. The number of carbonyl (C=O) groups is 1. The van der Waals surface area contributed by atoms with Crippen LogP contribution in [0.2, 0.25) is 0 Å². The number of aliphatic hydroxyl groups excluding tert-OH is 1. The van der Waals surface area contributed by atoms with Crippen LogP contribution in [0, 0.1) is 12.8 Å². The van der Waals surface area contributed by atoms with Crippen molar-refractivity contribution in [3.05, 3.63) is 48.0 Å². The van der Waals surface area contributed by atoms with Crippen LogP contribution >= 0.6 is 0 Å². The Labute approximate surface area is 141 Å². The summed E-state index contributed by atoms with van der Waals surface area (Å²) >= 11 is 0. The number of carbonyl (C=O) groups excluding carboxylic acids is 1. The molecule has 1 amide bonds. The van der Waals surface area contributed by atoms with Crippen LogP contribution in [-0.2, 0) is 17.8 Å². The third-order valence-electron chi connectivity index (χ3n) is 4.29. The largest absolute Gasteiger partial charge is 0.491 e. The molecule has 3 rings (SSSR count). The number of hydrogen-bond acceptors (Lipinski definition) is 4. The van der Waals surface area contributed by atoms with E-state index in [1.54, 1.807) is 6.33 Å². The van der Waals surface area contributed by atoms with Gasteiger partial charge in [-0.25, -0.2) is 4.98 Å². The Morgan fingerprint density at radius 3 is 3.25 bits per heavy atom. The van der Waals surface area contributed by atoms with E-state index in [4.69, 9.17) is 4.74 Å². The SMILES string of the molecule is Cc1cccc(OCC(O)CNC(=O)C2CCn3cncc3C2)c1. The standard InChI is InChI=1S/C18H23N3O3/c1-13-3-2-4-17(7-13)24-11-16(22)10-20-18(23)14-5-6-21-12-19-9-15(21)8-14/h2-4,7,9,12,14,16,22H,5-6,8,10-11H2,1H3,(H,20,23). The molecule has 2 unspecified atom stereocenters. The first kappa shape index (κ1) is 16.5. The smallest absolute Gasteiger partial charge is 0.223 e. The predicted molar refractivity (Wildman–Crippen MR) is 89.7 cm³/mol. The Morgan fingerprint density at radius 2 is 2.42 bits per heavy atom. The van der Waals surface area contributed by atoms with E-state index >= 15 is 0 Å². The molecule has 6 heteroatoms. The van der Waals surface area contributed by atoms with Crippen molar-refractivity contribution in [3.63, 3.8) is 0 Å². The second kappa shape index (κ2) is 7.49. The van der Waals surface area contributed by atoms with Gasteiger partial charge >= 0.3 is 0 Å². The zero-order valence-corrected chi connectivity index (χ0v) is 13.8. The molecule has 0 fully saturated rings. The van der Waals surface area contributed by atoms with Crippen molar-refractivity contribution in [2.45, 2.75) is 32.4 Å². The molecule has 0 bridgehead atoms. The third-order valence-corrected chi connectivity index (χ3v) is 4.29. The fraction of sp³-hybridized carbons (Fsp3) is 0.444. The Morgan fingerprint density at radius 1 is 1.54 bits per heavy atom. The molecule has 1 aliphatic heterocycles. The highest BCUT2D eigenvalue weighted by Crippen LogP contribution is 2.20. The average Bonchev–Trinajstić information content (AvgIpc) is 3.05. The molecule has 1 aliphatic rings. The summed E-state index contributed by atoms with van der Waals surface area (Å²) in [7, 11) is 0. The van der Waals surface area contributed by atoms with Crippen molar-refractivity contribution in [2.24, 2.45) is 5.92 Å². The van der Waals surface area contributed by atoms with Gasteiger partial charge in [0, 0.05) is 37.3 Å². The van der Waals surface area contributed by atoms with Crippen molar-refractivity contribution in [1.82, 2.24) is 14.9 Å². The molecule has 0 saturated carbocycles. The Kier molecular flexibility index (Phi) is 5.15. The number of benzene rings is 1. The Bertz CT molecular complexity index is 698. The minimum absolute atomic E-state index is 0.0166. The van der Waals surface area contributed by atoms with E-state index in [-0.39, 0.29) is 25.0 Å². The van der Waals surface area contributed by atoms with E-state index in [0.717, 1.165) is 30.0 Å². The predicted octanol–water partition coefficient (Wildman–Crippen LogP) is 1.31. The molecule has 6 nitrogen and oxygen atoms in total. The second-order valence-electron chi connectivity index (χ2n) is 6.29. The van der Waals surface area contributed by atoms with Crippen LogP contribution in [-0.4, -0.2) is 39.8 Å². The topological polar surface area (TPSA) is 76.4 Å². The van der Waals surface area contributed by atoms with Crippen LogP contribution in [0.1, 0.15) is 17.7 Å². The van der Waals surface area contributed by atoms with Gasteiger partial charge in [0.15, 0.2) is 0 Å². The van der Waals surface area contributed by atoms with Gasteiger partial charge in [-0.3, -0.25) is 4.79 Å². The van der Waals surface area contributed by atoms with E-state index in [1.165, 1.54) is 0 Å². The summed E-state index contributed by atoms with van der Waals surface area (Å²) in [4.78, 5) is 16.4. The molecule has 2 aromatic rings. The molecular weight excluding hydrogens is 306 g/mol. The number of imidazole rings is 1. The highest BCUT2D eigenvalue weighted by molar-refractivity contribution is 5.79. The quantitative estimate of drug-likeness (QED) is 0.838. The van der Waals surface area contributed by atoms with E-state index in [1.807, 2.05) is 37.4 Å². The first-order chi connectivity index (χ1) is 11.6. The van der Waals surface area contributed by atoms with Gasteiger partial charge in [-0.05, 0) is 31.0 Å². The normalized spacial score (nSPS) is 17.8. The molecule has 2 atom stereocenters. The number of amides is 1. The number of nitrogens with one attached hydrogen (secondary N) is 1. The molecule has 0 spiro atoms. The second-order valence-corrected chi connectivity index (χ2v) is 6.29. The number of hydrogen-bond donors (Lipinski definition) is 2. The highest BCUT2D eigenvalue weighted by atomic mass is 16.5. The number of nitrogens with zero attached hydrogens (tertiary/aromatic N) is 2. The average molecular weight is 329 g/mol. The van der Waals surface area contributed by atoms with Gasteiger partial charge < -0.3 is 19.7 Å². The van der Waals surface area contributed by atoms with Gasteiger partial charge in [-0.2, -0.15) is 0 Å². The van der Waals surface area contributed by atoms with Crippen molar-refractivity contribution >= 4 is 5.91 Å². The lowest BCUT2D eigenvalue weighted by Crippen LogP contribution is -2.40. The number of ether oxygens (including phenoxy) is 1. The molecular formula is C18H23N3O3. The summed E-state index contributed by atoms with van der Waals surface area (Å²) in [6, 6.07) is 7.66. The van der Waals surface area contributed by atoms with Crippen LogP contribution in [0.5, 0.6) is 5.75 Å². The highest BCUT2D eigenvalue weighted by Gasteiger charge is 2.25. The Balaban J connectivity index is 1.41. The maximum absolute atomic E-state index is 12.3. The lowest BCUT2D eigenvalue weighted by molar-refractivity contribution is -0.126. The number of fused-ring (bicyclic) bond motifs is 1. The fourth-order valence-corrected chi connectivity index (χ4v) is 2.91. The van der Waals surface area contributed by atoms with Crippen LogP contribution in [0.3, 0.4) is 0 Å². The van der Waals surface area contributed by atoms with E-state index in [9.17, 15) is 9.90 Å². The molecule has 24 heavy (non-hydrogen) atoms. The van der Waals surface area contributed by atoms with Gasteiger partial charge in [-0.1, -0.05) is 12.1 Å². The maximum atomic E-state index is 12.3. The molecule has 2 N–H and O–H groups in total. The van der Waals surface area contributed by atoms with Crippen molar-refractivity contribution in [1.29, 1.82) is 0 Å². The Hall–Kier alpha value is -2.34. The lowest BCUT2D eigenvalue weighted by atomic mass is 9.95. The molecule has 0 saturated heterocycles. The van der Waals surface area contributed by atoms with Crippen molar-refractivity contribution in [3.8, 4) is 5.75 Å². The third kappa shape index (κ3) is 4.14. The molecule has 0 aliphatic carbocycles. The molecule has 128 valence electrons. The van der Waals surface area contributed by atoms with E-state index in [2.05, 4.69) is 14.9 Å². The van der Waals surface area contributed by atoms with Crippen LogP contribution in [0.4, 0.5) is 0 Å². The first-order valence-corrected chi connectivity index (χ1v) is 8.26. The fourth-order valence-electron chi connectivity index (χ4n) is 2.91. The van der Waals surface area contributed by atoms with E-state index in [0.29, 0.717) is 6.42 Å². The summed E-state index contributed by atoms with van der Waals surface area (Å²) in [6.07, 6.45) is 4.37. The minimum atomic E-state index is -0.733. The molecule has 1 aromatic carbocycles. The van der Waals surface area contributed by atoms with Crippen LogP contribution < -0.4 is 10.1 Å².